The molecule has 0 aromatic rings. The van der Waals surface area contributed by atoms with Gasteiger partial charge < -0.3 is 40.3 Å². The van der Waals surface area contributed by atoms with E-state index >= 15 is 0 Å². The largest absolute Gasteiger partial charge is 0.394 e. The Kier molecular flexibility index (Phi) is 38.4. The van der Waals surface area contributed by atoms with Gasteiger partial charge in [0.05, 0.1) is 25.4 Å². The lowest BCUT2D eigenvalue weighted by Gasteiger charge is -2.40. The minimum Gasteiger partial charge on any atom is -0.394 e. The fourth-order valence-electron chi connectivity index (χ4n) is 7.97. The lowest BCUT2D eigenvalue weighted by molar-refractivity contribution is -0.302. The molecule has 348 valence electrons. The van der Waals surface area contributed by atoms with Gasteiger partial charge in [0.1, 0.15) is 24.4 Å². The quantitative estimate of drug-likeness (QED) is 0.0263. The molecule has 1 heterocycles. The van der Waals surface area contributed by atoms with Crippen LogP contribution in [0.4, 0.5) is 0 Å². The Morgan fingerprint density at radius 1 is 0.559 bits per heavy atom. The first-order valence-electron chi connectivity index (χ1n) is 25.0. The lowest BCUT2D eigenvalue weighted by Crippen LogP contribution is -2.60. The molecular formula is C50H95NO8. The zero-order chi connectivity index (χ0) is 43.0. The Balaban J connectivity index is 2.28. The molecular weight excluding hydrogens is 743 g/mol. The maximum atomic E-state index is 13.0. The summed E-state index contributed by atoms with van der Waals surface area (Å²) in [7, 11) is 0. The second-order valence-electron chi connectivity index (χ2n) is 17.6. The highest BCUT2D eigenvalue weighted by Crippen LogP contribution is 2.23. The van der Waals surface area contributed by atoms with E-state index in [0.717, 1.165) is 44.9 Å². The molecule has 0 aromatic carbocycles. The van der Waals surface area contributed by atoms with Gasteiger partial charge in [0, 0.05) is 6.42 Å². The molecule has 1 fully saturated rings. The summed E-state index contributed by atoms with van der Waals surface area (Å²) >= 11 is 0. The van der Waals surface area contributed by atoms with E-state index in [-0.39, 0.29) is 12.5 Å². The van der Waals surface area contributed by atoms with Crippen molar-refractivity contribution in [1.29, 1.82) is 0 Å². The number of unbranched alkanes of at least 4 members (excludes halogenated alkanes) is 28. The monoisotopic (exact) mass is 838 g/mol. The molecule has 6 N–H and O–H groups in total. The summed E-state index contributed by atoms with van der Waals surface area (Å²) in [6, 6.07) is -0.733. The molecule has 0 aromatic heterocycles. The van der Waals surface area contributed by atoms with Crippen LogP contribution in [0.2, 0.25) is 0 Å². The van der Waals surface area contributed by atoms with Gasteiger partial charge in [-0.2, -0.15) is 0 Å². The third-order valence-electron chi connectivity index (χ3n) is 12.0. The summed E-state index contributed by atoms with van der Waals surface area (Å²) in [5.41, 5.74) is 0. The first kappa shape index (κ1) is 55.7. The normalized spacial score (nSPS) is 20.8. The van der Waals surface area contributed by atoms with Crippen LogP contribution in [-0.4, -0.2) is 87.5 Å². The SMILES string of the molecule is CCCCCCCC/C=C/CCCCCCCCCCCCCC(=O)N[C@@H](CO[C@H]1O[C@@H](CO)[C@H](O)C(O)C1O)[C@H](O)CCCC/C=C/CCCCCCCCCCC. The zero-order valence-electron chi connectivity index (χ0n) is 38.3. The van der Waals surface area contributed by atoms with Gasteiger partial charge in [-0.25, -0.2) is 0 Å². The van der Waals surface area contributed by atoms with Gasteiger partial charge in [0.25, 0.3) is 0 Å². The summed E-state index contributed by atoms with van der Waals surface area (Å²) in [6.07, 6.45) is 41.9. The number of carbonyl (C=O) groups excluding carboxylic acids is 1. The van der Waals surface area contributed by atoms with Crippen molar-refractivity contribution in [2.45, 2.75) is 275 Å². The van der Waals surface area contributed by atoms with E-state index in [9.17, 15) is 30.3 Å². The molecule has 1 aliphatic heterocycles. The van der Waals surface area contributed by atoms with Crippen molar-refractivity contribution in [3.8, 4) is 0 Å². The first-order chi connectivity index (χ1) is 28.8. The van der Waals surface area contributed by atoms with Crippen LogP contribution in [-0.2, 0) is 14.3 Å². The fraction of sp³-hybridized carbons (Fsp3) is 0.900. The number of hydrogen-bond acceptors (Lipinski definition) is 8. The minimum atomic E-state index is -1.56. The topological polar surface area (TPSA) is 149 Å². The molecule has 1 amide bonds. The van der Waals surface area contributed by atoms with Crippen molar-refractivity contribution in [1.82, 2.24) is 5.32 Å². The molecule has 1 rings (SSSR count). The molecule has 9 nitrogen and oxygen atoms in total. The zero-order valence-corrected chi connectivity index (χ0v) is 38.3. The van der Waals surface area contributed by atoms with Gasteiger partial charge in [-0.1, -0.05) is 186 Å². The second-order valence-corrected chi connectivity index (χ2v) is 17.6. The minimum absolute atomic E-state index is 0.148. The number of amides is 1. The number of nitrogens with one attached hydrogen (secondary N) is 1. The van der Waals surface area contributed by atoms with Crippen LogP contribution < -0.4 is 5.32 Å². The van der Waals surface area contributed by atoms with E-state index in [1.54, 1.807) is 0 Å². The van der Waals surface area contributed by atoms with E-state index in [1.807, 2.05) is 0 Å². The van der Waals surface area contributed by atoms with Crippen LogP contribution in [0.25, 0.3) is 0 Å². The third kappa shape index (κ3) is 31.2. The molecule has 7 atom stereocenters. The Bertz CT molecular complexity index is 977. The predicted molar refractivity (Wildman–Crippen MR) is 244 cm³/mol. The van der Waals surface area contributed by atoms with Gasteiger partial charge in [0.15, 0.2) is 6.29 Å². The summed E-state index contributed by atoms with van der Waals surface area (Å²) in [6.45, 7) is 3.82. The van der Waals surface area contributed by atoms with E-state index in [4.69, 9.17) is 9.47 Å². The van der Waals surface area contributed by atoms with Crippen molar-refractivity contribution in [2.75, 3.05) is 13.2 Å². The molecule has 0 bridgehead atoms. The highest BCUT2D eigenvalue weighted by molar-refractivity contribution is 5.76. The van der Waals surface area contributed by atoms with Gasteiger partial charge in [-0.15, -0.1) is 0 Å². The Labute approximate surface area is 362 Å². The number of carbonyl (C=O) groups is 1. The average molecular weight is 838 g/mol. The van der Waals surface area contributed by atoms with Crippen LogP contribution >= 0.6 is 0 Å². The third-order valence-corrected chi connectivity index (χ3v) is 12.0. The Hall–Kier alpha value is -1.33. The summed E-state index contributed by atoms with van der Waals surface area (Å²) < 4.78 is 11.3. The molecule has 59 heavy (non-hydrogen) atoms. The molecule has 0 saturated carbocycles. The van der Waals surface area contributed by atoms with E-state index in [0.29, 0.717) is 12.8 Å². The van der Waals surface area contributed by atoms with Crippen molar-refractivity contribution in [3.63, 3.8) is 0 Å². The number of rotatable bonds is 42. The maximum absolute atomic E-state index is 13.0. The van der Waals surface area contributed by atoms with Crippen molar-refractivity contribution in [3.05, 3.63) is 24.3 Å². The number of hydrogen-bond donors (Lipinski definition) is 6. The first-order valence-corrected chi connectivity index (χ1v) is 25.0. The summed E-state index contributed by atoms with van der Waals surface area (Å²) in [5.74, 6) is -0.154. The van der Waals surface area contributed by atoms with Gasteiger partial charge in [-0.3, -0.25) is 4.79 Å². The number of allylic oxidation sites excluding steroid dienone is 4. The molecule has 1 saturated heterocycles. The number of aliphatic hydroxyl groups is 5. The van der Waals surface area contributed by atoms with Crippen LogP contribution in [0, 0.1) is 0 Å². The highest BCUT2D eigenvalue weighted by atomic mass is 16.7. The number of ether oxygens (including phenoxy) is 2. The van der Waals surface area contributed by atoms with Gasteiger partial charge >= 0.3 is 0 Å². The summed E-state index contributed by atoms with van der Waals surface area (Å²) in [4.78, 5) is 13.0. The lowest BCUT2D eigenvalue weighted by atomic mass is 9.99. The van der Waals surface area contributed by atoms with Crippen LogP contribution in [0.5, 0.6) is 0 Å². The molecule has 2 unspecified atom stereocenters. The molecule has 0 aliphatic carbocycles. The maximum Gasteiger partial charge on any atom is 0.220 e. The smallest absolute Gasteiger partial charge is 0.220 e. The van der Waals surface area contributed by atoms with Crippen molar-refractivity contribution >= 4 is 5.91 Å². The van der Waals surface area contributed by atoms with E-state index in [2.05, 4.69) is 43.5 Å². The van der Waals surface area contributed by atoms with E-state index in [1.165, 1.54) is 161 Å². The van der Waals surface area contributed by atoms with E-state index < -0.39 is 49.5 Å². The second kappa shape index (κ2) is 40.7. The van der Waals surface area contributed by atoms with Gasteiger partial charge in [0.2, 0.25) is 5.91 Å². The Morgan fingerprint density at radius 3 is 1.37 bits per heavy atom. The average Bonchev–Trinajstić information content (AvgIpc) is 3.23. The highest BCUT2D eigenvalue weighted by Gasteiger charge is 2.44. The molecule has 9 heteroatoms. The van der Waals surface area contributed by atoms with Crippen LogP contribution in [0.15, 0.2) is 24.3 Å². The van der Waals surface area contributed by atoms with Crippen molar-refractivity contribution in [2.24, 2.45) is 0 Å². The van der Waals surface area contributed by atoms with Gasteiger partial charge in [-0.05, 0) is 64.2 Å². The van der Waals surface area contributed by atoms with Crippen molar-refractivity contribution < 1.29 is 39.8 Å². The number of aliphatic hydroxyl groups excluding tert-OH is 5. The standard InChI is InChI=1S/C50H95NO8/c1-3-5-7-9-11-13-15-17-19-20-21-22-23-24-26-28-30-32-34-36-38-40-46(54)51-43(42-58-50-49(57)48(56)47(55)45(41-52)59-50)44(53)39-37-35-33-31-29-27-25-18-16-14-12-10-8-6-4-2/h17,19,29,31,43-45,47-50,52-53,55-57H,3-16,18,20-28,30,32-42H2,1-2H3,(H,51,54)/b19-17+,31-29+/t43-,44+,45-,47-,48?,49?,50-/m0/s1. The van der Waals surface area contributed by atoms with Crippen LogP contribution in [0.1, 0.15) is 232 Å². The molecule has 0 spiro atoms. The molecule has 1 aliphatic rings. The van der Waals surface area contributed by atoms with Crippen LogP contribution in [0.3, 0.4) is 0 Å². The summed E-state index contributed by atoms with van der Waals surface area (Å²) in [5, 5.41) is 54.4. The molecule has 0 radical (unpaired) electrons. The Morgan fingerprint density at radius 2 is 0.949 bits per heavy atom. The fourth-order valence-corrected chi connectivity index (χ4v) is 7.97. The predicted octanol–water partition coefficient (Wildman–Crippen LogP) is 11.1.